The minimum absolute atomic E-state index is 0.367. The van der Waals surface area contributed by atoms with Crippen LogP contribution in [0.2, 0.25) is 0 Å². The Morgan fingerprint density at radius 2 is 2.16 bits per heavy atom. The minimum atomic E-state index is -0.450. The number of esters is 1. The molecule has 0 aliphatic carbocycles. The monoisotopic (exact) mass is 273 g/mol. The second-order valence-corrected chi connectivity index (χ2v) is 4.94. The summed E-state index contributed by atoms with van der Waals surface area (Å²) in [6.07, 6.45) is 0. The van der Waals surface area contributed by atoms with Gasteiger partial charge in [-0.2, -0.15) is 0 Å². The Hall–Kier alpha value is -2.27. The molecule has 0 bridgehead atoms. The van der Waals surface area contributed by atoms with Crippen molar-refractivity contribution < 1.29 is 13.9 Å². The van der Waals surface area contributed by atoms with Gasteiger partial charge in [0, 0.05) is 16.3 Å². The predicted octanol–water partition coefficient (Wildman–Crippen LogP) is 3.53. The number of carbonyl (C=O) groups is 1. The highest BCUT2D eigenvalue weighted by molar-refractivity contribution is 7.14. The fourth-order valence-corrected chi connectivity index (χ4v) is 2.77. The summed E-state index contributed by atoms with van der Waals surface area (Å²) in [5, 5.41) is 3.22. The Morgan fingerprint density at radius 1 is 1.37 bits per heavy atom. The zero-order valence-corrected chi connectivity index (χ0v) is 11.0. The summed E-state index contributed by atoms with van der Waals surface area (Å²) < 4.78 is 10.5. The normalized spacial score (nSPS) is 10.8. The van der Waals surface area contributed by atoms with E-state index in [-0.39, 0.29) is 0 Å². The van der Waals surface area contributed by atoms with E-state index in [1.807, 2.05) is 30.3 Å². The van der Waals surface area contributed by atoms with Crippen LogP contribution in [0.5, 0.6) is 0 Å². The zero-order valence-electron chi connectivity index (χ0n) is 10.2. The molecule has 3 rings (SSSR count). The molecule has 0 radical (unpaired) electrons. The van der Waals surface area contributed by atoms with E-state index in [1.54, 1.807) is 5.38 Å². The van der Waals surface area contributed by atoms with Gasteiger partial charge in [-0.15, -0.1) is 11.3 Å². The lowest BCUT2D eigenvalue weighted by Gasteiger charge is -2.00. The summed E-state index contributed by atoms with van der Waals surface area (Å²) >= 11 is 1.30. The highest BCUT2D eigenvalue weighted by Gasteiger charge is 2.21. The molecular formula is C14H11NO3S. The van der Waals surface area contributed by atoms with Gasteiger partial charge in [-0.25, -0.2) is 4.79 Å². The lowest BCUT2D eigenvalue weighted by molar-refractivity contribution is 0.0603. The largest absolute Gasteiger partial charge is 0.465 e. The zero-order chi connectivity index (χ0) is 13.4. The summed E-state index contributed by atoms with van der Waals surface area (Å²) in [4.78, 5) is 11.8. The van der Waals surface area contributed by atoms with E-state index in [0.717, 1.165) is 11.0 Å². The van der Waals surface area contributed by atoms with E-state index < -0.39 is 5.97 Å². The molecule has 0 atom stereocenters. The second-order valence-electron chi connectivity index (χ2n) is 4.03. The van der Waals surface area contributed by atoms with Gasteiger partial charge in [-0.1, -0.05) is 18.2 Å². The number of benzene rings is 1. The van der Waals surface area contributed by atoms with Gasteiger partial charge in [0.05, 0.1) is 7.11 Å². The molecule has 0 aliphatic rings. The number of nitrogens with two attached hydrogens (primary N) is 1. The molecule has 2 N–H and O–H groups in total. The van der Waals surface area contributed by atoms with Gasteiger partial charge in [-0.3, -0.25) is 0 Å². The van der Waals surface area contributed by atoms with Gasteiger partial charge in [0.2, 0.25) is 0 Å². The fraction of sp³-hybridized carbons (Fsp3) is 0.0714. The average Bonchev–Trinajstić information content (AvgIpc) is 3.00. The van der Waals surface area contributed by atoms with Gasteiger partial charge < -0.3 is 14.9 Å². The molecule has 1 aromatic carbocycles. The van der Waals surface area contributed by atoms with Crippen LogP contribution >= 0.6 is 11.3 Å². The summed E-state index contributed by atoms with van der Waals surface area (Å²) in [6.45, 7) is 0. The van der Waals surface area contributed by atoms with Crippen LogP contribution in [0.1, 0.15) is 10.4 Å². The first-order valence-electron chi connectivity index (χ1n) is 5.65. The van der Waals surface area contributed by atoms with Gasteiger partial charge in [-0.05, 0) is 12.1 Å². The van der Waals surface area contributed by atoms with Crippen molar-refractivity contribution in [2.75, 3.05) is 12.8 Å². The van der Waals surface area contributed by atoms with Crippen molar-refractivity contribution in [3.05, 3.63) is 41.3 Å². The highest BCUT2D eigenvalue weighted by atomic mass is 32.1. The van der Waals surface area contributed by atoms with Crippen LogP contribution in [0.3, 0.4) is 0 Å². The van der Waals surface area contributed by atoms with Crippen LogP contribution in [0.4, 0.5) is 5.00 Å². The number of para-hydroxylation sites is 1. The van der Waals surface area contributed by atoms with E-state index >= 15 is 0 Å². The van der Waals surface area contributed by atoms with Crippen molar-refractivity contribution in [3.8, 4) is 11.3 Å². The Morgan fingerprint density at radius 3 is 2.89 bits per heavy atom. The van der Waals surface area contributed by atoms with Crippen molar-refractivity contribution in [1.82, 2.24) is 0 Å². The molecule has 0 amide bonds. The molecule has 96 valence electrons. The number of rotatable bonds is 2. The fourth-order valence-electron chi connectivity index (χ4n) is 1.98. The lowest BCUT2D eigenvalue weighted by Crippen LogP contribution is -2.04. The Labute approximate surface area is 113 Å². The molecule has 4 nitrogen and oxygen atoms in total. The standard InChI is InChI=1S/C14H11NO3S/c1-17-14(16)12-9(7-19-13(12)15)11-6-8-4-2-3-5-10(8)18-11/h2-7H,15H2,1H3. The molecule has 0 saturated heterocycles. The lowest BCUT2D eigenvalue weighted by atomic mass is 10.1. The maximum absolute atomic E-state index is 11.8. The van der Waals surface area contributed by atoms with Crippen LogP contribution in [-0.2, 0) is 4.74 Å². The third kappa shape index (κ3) is 1.88. The van der Waals surface area contributed by atoms with Crippen LogP contribution in [0.15, 0.2) is 40.1 Å². The predicted molar refractivity (Wildman–Crippen MR) is 75.3 cm³/mol. The molecule has 3 aromatic rings. The third-order valence-electron chi connectivity index (χ3n) is 2.90. The average molecular weight is 273 g/mol. The second kappa shape index (κ2) is 4.44. The van der Waals surface area contributed by atoms with Gasteiger partial charge in [0.25, 0.3) is 0 Å². The van der Waals surface area contributed by atoms with Crippen molar-refractivity contribution >= 4 is 33.3 Å². The van der Waals surface area contributed by atoms with Gasteiger partial charge in [0.1, 0.15) is 21.9 Å². The van der Waals surface area contributed by atoms with Crippen LogP contribution in [0.25, 0.3) is 22.3 Å². The van der Waals surface area contributed by atoms with Crippen molar-refractivity contribution in [1.29, 1.82) is 0 Å². The number of nitrogen functional groups attached to an aromatic ring is 1. The minimum Gasteiger partial charge on any atom is -0.465 e. The number of methoxy groups -OCH3 is 1. The third-order valence-corrected chi connectivity index (χ3v) is 3.71. The first-order chi connectivity index (χ1) is 9.20. The van der Waals surface area contributed by atoms with Crippen molar-refractivity contribution in [2.45, 2.75) is 0 Å². The molecule has 5 heteroatoms. The van der Waals surface area contributed by atoms with E-state index in [0.29, 0.717) is 21.9 Å². The molecule has 0 fully saturated rings. The van der Waals surface area contributed by atoms with Crippen molar-refractivity contribution in [3.63, 3.8) is 0 Å². The Kier molecular flexibility index (Phi) is 2.76. The molecule has 0 unspecified atom stereocenters. The number of furan rings is 1. The highest BCUT2D eigenvalue weighted by Crippen LogP contribution is 2.36. The summed E-state index contributed by atoms with van der Waals surface area (Å²) in [5.41, 5.74) is 7.64. The Balaban J connectivity index is 2.19. The number of fused-ring (bicyclic) bond motifs is 1. The van der Waals surface area contributed by atoms with E-state index in [9.17, 15) is 4.79 Å². The van der Waals surface area contributed by atoms with Crippen LogP contribution in [-0.4, -0.2) is 13.1 Å². The summed E-state index contributed by atoms with van der Waals surface area (Å²) in [6, 6.07) is 9.56. The molecular weight excluding hydrogens is 262 g/mol. The van der Waals surface area contributed by atoms with E-state index in [4.69, 9.17) is 14.9 Å². The first-order valence-corrected chi connectivity index (χ1v) is 6.53. The summed E-state index contributed by atoms with van der Waals surface area (Å²) in [5.74, 6) is 0.170. The van der Waals surface area contributed by atoms with Crippen LogP contribution in [0, 0.1) is 0 Å². The Bertz CT molecular complexity index is 724. The van der Waals surface area contributed by atoms with Crippen molar-refractivity contribution in [2.24, 2.45) is 0 Å². The molecule has 0 saturated carbocycles. The maximum atomic E-state index is 11.8. The number of anilines is 1. The molecule has 0 aliphatic heterocycles. The quantitative estimate of drug-likeness (QED) is 0.725. The maximum Gasteiger partial charge on any atom is 0.341 e. The number of thiophene rings is 1. The van der Waals surface area contributed by atoms with E-state index in [1.165, 1.54) is 18.4 Å². The van der Waals surface area contributed by atoms with Crippen LogP contribution < -0.4 is 5.73 Å². The number of hydrogen-bond donors (Lipinski definition) is 1. The smallest absolute Gasteiger partial charge is 0.341 e. The van der Waals surface area contributed by atoms with Gasteiger partial charge in [0.15, 0.2) is 0 Å². The van der Waals surface area contributed by atoms with Gasteiger partial charge >= 0.3 is 5.97 Å². The number of hydrogen-bond acceptors (Lipinski definition) is 5. The number of ether oxygens (including phenoxy) is 1. The topological polar surface area (TPSA) is 65.5 Å². The SMILES string of the molecule is COC(=O)c1c(-c2cc3ccccc3o2)csc1N. The molecule has 0 spiro atoms. The summed E-state index contributed by atoms with van der Waals surface area (Å²) in [7, 11) is 1.34. The number of carbonyl (C=O) groups excluding carboxylic acids is 1. The molecule has 2 heterocycles. The molecule has 2 aromatic heterocycles. The van der Waals surface area contributed by atoms with E-state index in [2.05, 4.69) is 0 Å². The molecule has 19 heavy (non-hydrogen) atoms. The first kappa shape index (κ1) is 11.8.